The first-order valence-corrected chi connectivity index (χ1v) is 6.93. The lowest BCUT2D eigenvalue weighted by atomic mass is 10.1. The van der Waals surface area contributed by atoms with Crippen molar-refractivity contribution >= 4 is 17.4 Å². The lowest BCUT2D eigenvalue weighted by Gasteiger charge is -2.18. The Morgan fingerprint density at radius 2 is 2.18 bits per heavy atom. The molecule has 2 aliphatic rings. The maximum atomic E-state index is 6.09. The van der Waals surface area contributed by atoms with E-state index < -0.39 is 0 Å². The van der Waals surface area contributed by atoms with Crippen LogP contribution in [0.5, 0.6) is 0 Å². The Labute approximate surface area is 107 Å². The molecular formula is C13H18ClN3. The minimum Gasteiger partial charge on any atom is -0.356 e. The monoisotopic (exact) mass is 251 g/mol. The van der Waals surface area contributed by atoms with Gasteiger partial charge in [0.2, 0.25) is 0 Å². The van der Waals surface area contributed by atoms with Gasteiger partial charge in [0.05, 0.1) is 0 Å². The Bertz CT molecular complexity index is 417. The topological polar surface area (TPSA) is 29.0 Å². The lowest BCUT2D eigenvalue weighted by molar-refractivity contribution is 0.568. The first-order chi connectivity index (χ1) is 8.26. The molecule has 1 saturated heterocycles. The van der Waals surface area contributed by atoms with Gasteiger partial charge in [-0.1, -0.05) is 24.9 Å². The molecular weight excluding hydrogens is 234 g/mol. The van der Waals surface area contributed by atoms with E-state index in [1.54, 1.807) is 0 Å². The zero-order valence-corrected chi connectivity index (χ0v) is 11.0. The molecule has 17 heavy (non-hydrogen) atoms. The highest BCUT2D eigenvalue weighted by Gasteiger charge is 2.29. The molecule has 1 aromatic rings. The largest absolute Gasteiger partial charge is 0.356 e. The zero-order valence-electron chi connectivity index (χ0n) is 10.2. The summed E-state index contributed by atoms with van der Waals surface area (Å²) in [6, 6.07) is 1.91. The number of halogens is 1. The smallest absolute Gasteiger partial charge is 0.135 e. The van der Waals surface area contributed by atoms with Gasteiger partial charge in [0.25, 0.3) is 0 Å². The highest BCUT2D eigenvalue weighted by molar-refractivity contribution is 6.29. The SMILES string of the molecule is CCC1CCN(c2cc(Cl)nc(C3CC3)n2)C1. The highest BCUT2D eigenvalue weighted by Crippen LogP contribution is 2.39. The van der Waals surface area contributed by atoms with Crippen molar-refractivity contribution in [3.63, 3.8) is 0 Å². The van der Waals surface area contributed by atoms with Crippen LogP contribution in [0.2, 0.25) is 5.15 Å². The molecule has 0 spiro atoms. The second-order valence-corrected chi connectivity index (χ2v) is 5.58. The van der Waals surface area contributed by atoms with Crippen molar-refractivity contribution in [2.45, 2.75) is 38.5 Å². The van der Waals surface area contributed by atoms with Crippen LogP contribution >= 0.6 is 11.6 Å². The number of nitrogens with zero attached hydrogens (tertiary/aromatic N) is 3. The average Bonchev–Trinajstić information content (AvgIpc) is 3.06. The quantitative estimate of drug-likeness (QED) is 0.773. The Morgan fingerprint density at radius 1 is 1.35 bits per heavy atom. The molecule has 4 heteroatoms. The van der Waals surface area contributed by atoms with E-state index in [2.05, 4.69) is 21.8 Å². The van der Waals surface area contributed by atoms with E-state index in [1.165, 1.54) is 25.7 Å². The first-order valence-electron chi connectivity index (χ1n) is 6.55. The van der Waals surface area contributed by atoms with Gasteiger partial charge < -0.3 is 4.90 Å². The van der Waals surface area contributed by atoms with Crippen molar-refractivity contribution in [3.8, 4) is 0 Å². The van der Waals surface area contributed by atoms with E-state index in [4.69, 9.17) is 11.6 Å². The molecule has 2 fully saturated rings. The molecule has 1 atom stereocenters. The third kappa shape index (κ3) is 2.39. The van der Waals surface area contributed by atoms with E-state index in [1.807, 2.05) is 6.07 Å². The summed E-state index contributed by atoms with van der Waals surface area (Å²) in [6.45, 7) is 4.49. The summed E-state index contributed by atoms with van der Waals surface area (Å²) < 4.78 is 0. The van der Waals surface area contributed by atoms with Gasteiger partial charge in [-0.15, -0.1) is 0 Å². The van der Waals surface area contributed by atoms with Crippen LogP contribution in [0.1, 0.15) is 44.3 Å². The van der Waals surface area contributed by atoms with E-state index >= 15 is 0 Å². The van der Waals surface area contributed by atoms with E-state index in [0.29, 0.717) is 11.1 Å². The van der Waals surface area contributed by atoms with Crippen LogP contribution in [-0.4, -0.2) is 23.1 Å². The van der Waals surface area contributed by atoms with Crippen LogP contribution < -0.4 is 4.90 Å². The number of rotatable bonds is 3. The van der Waals surface area contributed by atoms with Gasteiger partial charge in [-0.3, -0.25) is 0 Å². The van der Waals surface area contributed by atoms with Crippen molar-refractivity contribution < 1.29 is 0 Å². The van der Waals surface area contributed by atoms with E-state index in [0.717, 1.165) is 30.6 Å². The zero-order chi connectivity index (χ0) is 11.8. The Balaban J connectivity index is 1.82. The summed E-state index contributed by atoms with van der Waals surface area (Å²) in [5, 5.41) is 0.594. The molecule has 92 valence electrons. The van der Waals surface area contributed by atoms with Crippen molar-refractivity contribution in [2.24, 2.45) is 5.92 Å². The van der Waals surface area contributed by atoms with E-state index in [-0.39, 0.29) is 0 Å². The third-order valence-electron chi connectivity index (χ3n) is 3.83. The van der Waals surface area contributed by atoms with Crippen LogP contribution in [0.3, 0.4) is 0 Å². The fourth-order valence-corrected chi connectivity index (χ4v) is 2.67. The lowest BCUT2D eigenvalue weighted by Crippen LogP contribution is -2.21. The number of aromatic nitrogens is 2. The van der Waals surface area contributed by atoms with Crippen LogP contribution in [0.25, 0.3) is 0 Å². The standard InChI is InChI=1S/C13H18ClN3/c1-2-9-5-6-17(8-9)12-7-11(14)15-13(16-12)10-3-4-10/h7,9-10H,2-6,8H2,1H3. The van der Waals surface area contributed by atoms with Gasteiger partial charge in [0.15, 0.2) is 0 Å². The van der Waals surface area contributed by atoms with Crippen molar-refractivity contribution in [1.29, 1.82) is 0 Å². The molecule has 0 N–H and O–H groups in total. The van der Waals surface area contributed by atoms with Crippen molar-refractivity contribution in [2.75, 3.05) is 18.0 Å². The maximum Gasteiger partial charge on any atom is 0.135 e. The average molecular weight is 252 g/mol. The summed E-state index contributed by atoms with van der Waals surface area (Å²) in [4.78, 5) is 11.4. The fourth-order valence-electron chi connectivity index (χ4n) is 2.48. The minimum absolute atomic E-state index is 0.567. The van der Waals surface area contributed by atoms with Crippen LogP contribution in [-0.2, 0) is 0 Å². The molecule has 0 aromatic carbocycles. The summed E-state index contributed by atoms with van der Waals surface area (Å²) >= 11 is 6.09. The Morgan fingerprint density at radius 3 is 2.82 bits per heavy atom. The van der Waals surface area contributed by atoms with Crippen LogP contribution in [0.4, 0.5) is 5.82 Å². The summed E-state index contributed by atoms with van der Waals surface area (Å²) in [6.07, 6.45) is 4.97. The minimum atomic E-state index is 0.567. The third-order valence-corrected chi connectivity index (χ3v) is 4.02. The molecule has 3 rings (SSSR count). The normalized spacial score (nSPS) is 24.4. The molecule has 0 radical (unpaired) electrons. The molecule has 1 unspecified atom stereocenters. The summed E-state index contributed by atoms with van der Waals surface area (Å²) in [5.41, 5.74) is 0. The molecule has 2 heterocycles. The molecule has 0 bridgehead atoms. The Kier molecular flexibility index (Phi) is 2.95. The molecule has 1 saturated carbocycles. The second-order valence-electron chi connectivity index (χ2n) is 5.19. The number of hydrogen-bond donors (Lipinski definition) is 0. The molecule has 3 nitrogen and oxygen atoms in total. The van der Waals surface area contributed by atoms with Gasteiger partial charge in [0.1, 0.15) is 16.8 Å². The van der Waals surface area contributed by atoms with Crippen LogP contribution in [0, 0.1) is 5.92 Å². The number of hydrogen-bond acceptors (Lipinski definition) is 3. The van der Waals surface area contributed by atoms with Gasteiger partial charge in [-0.05, 0) is 25.2 Å². The van der Waals surface area contributed by atoms with Gasteiger partial charge in [-0.25, -0.2) is 9.97 Å². The van der Waals surface area contributed by atoms with Gasteiger partial charge >= 0.3 is 0 Å². The van der Waals surface area contributed by atoms with E-state index in [9.17, 15) is 0 Å². The second kappa shape index (κ2) is 4.45. The molecule has 1 aliphatic carbocycles. The van der Waals surface area contributed by atoms with Crippen LogP contribution in [0.15, 0.2) is 6.07 Å². The predicted octanol–water partition coefficient (Wildman–Crippen LogP) is 3.24. The van der Waals surface area contributed by atoms with Crippen molar-refractivity contribution in [1.82, 2.24) is 9.97 Å². The van der Waals surface area contributed by atoms with Gasteiger partial charge in [-0.2, -0.15) is 0 Å². The highest BCUT2D eigenvalue weighted by atomic mass is 35.5. The first kappa shape index (κ1) is 11.3. The molecule has 1 aromatic heterocycles. The number of anilines is 1. The van der Waals surface area contributed by atoms with Gasteiger partial charge in [0, 0.05) is 25.1 Å². The molecule has 0 amide bonds. The molecule has 1 aliphatic heterocycles. The summed E-state index contributed by atoms with van der Waals surface area (Å²) in [5.74, 6) is 3.36. The summed E-state index contributed by atoms with van der Waals surface area (Å²) in [7, 11) is 0. The predicted molar refractivity (Wildman–Crippen MR) is 69.6 cm³/mol. The van der Waals surface area contributed by atoms with Crippen molar-refractivity contribution in [3.05, 3.63) is 17.0 Å². The Hall–Kier alpha value is -0.830. The fraction of sp³-hybridized carbons (Fsp3) is 0.692. The maximum absolute atomic E-state index is 6.09.